The molecule has 0 atom stereocenters. The van der Waals surface area contributed by atoms with E-state index in [4.69, 9.17) is 13.9 Å². The van der Waals surface area contributed by atoms with Crippen molar-refractivity contribution in [3.05, 3.63) is 107 Å². The van der Waals surface area contributed by atoms with Crippen LogP contribution in [0.5, 0.6) is 0 Å². The van der Waals surface area contributed by atoms with Gasteiger partial charge in [0.15, 0.2) is 0 Å². The van der Waals surface area contributed by atoms with Crippen molar-refractivity contribution in [1.29, 1.82) is 0 Å². The van der Waals surface area contributed by atoms with E-state index in [0.717, 1.165) is 0 Å². The van der Waals surface area contributed by atoms with Gasteiger partial charge in [0, 0.05) is 23.3 Å². The monoisotopic (exact) mass is 474 g/mol. The molecule has 178 valence electrons. The molecule has 0 spiro atoms. The van der Waals surface area contributed by atoms with Gasteiger partial charge in [-0.15, -0.1) is 0 Å². The van der Waals surface area contributed by atoms with E-state index < -0.39 is 23.8 Å². The summed E-state index contributed by atoms with van der Waals surface area (Å²) < 4.78 is 15.1. The van der Waals surface area contributed by atoms with Crippen molar-refractivity contribution in [2.75, 3.05) is 14.2 Å². The van der Waals surface area contributed by atoms with Crippen molar-refractivity contribution >= 4 is 35.9 Å². The quantitative estimate of drug-likeness (QED) is 0.380. The molecule has 3 rings (SSSR count). The second-order valence-corrected chi connectivity index (χ2v) is 6.98. The number of carbonyl (C=O) groups is 4. The lowest BCUT2D eigenvalue weighted by Crippen LogP contribution is -2.28. The minimum atomic E-state index is -0.784. The van der Waals surface area contributed by atoms with Gasteiger partial charge in [-0.3, -0.25) is 9.59 Å². The van der Waals surface area contributed by atoms with Crippen molar-refractivity contribution in [2.45, 2.75) is 0 Å². The van der Waals surface area contributed by atoms with Crippen LogP contribution in [0.3, 0.4) is 0 Å². The Morgan fingerprint density at radius 1 is 0.629 bits per heavy atom. The van der Waals surface area contributed by atoms with Crippen molar-refractivity contribution in [2.24, 2.45) is 0 Å². The van der Waals surface area contributed by atoms with Crippen LogP contribution in [0.15, 0.2) is 88.6 Å². The van der Waals surface area contributed by atoms with Gasteiger partial charge in [0.1, 0.15) is 22.9 Å². The molecular weight excluding hydrogens is 452 g/mol. The van der Waals surface area contributed by atoms with Crippen LogP contribution in [-0.2, 0) is 19.1 Å². The molecule has 0 aliphatic heterocycles. The van der Waals surface area contributed by atoms with Gasteiger partial charge in [-0.05, 0) is 36.4 Å². The molecule has 9 heteroatoms. The third kappa shape index (κ3) is 6.78. The average Bonchev–Trinajstić information content (AvgIpc) is 3.34. The van der Waals surface area contributed by atoms with E-state index in [-0.39, 0.29) is 22.9 Å². The van der Waals surface area contributed by atoms with E-state index >= 15 is 0 Å². The fraction of sp³-hybridized carbons (Fsp3) is 0.0769. The number of methoxy groups -OCH3 is 2. The van der Waals surface area contributed by atoms with Gasteiger partial charge in [0.05, 0.1) is 14.2 Å². The molecule has 1 aromatic heterocycles. The minimum absolute atomic E-state index is 0.156. The summed E-state index contributed by atoms with van der Waals surface area (Å²) in [5, 5.41) is 4.99. The highest BCUT2D eigenvalue weighted by atomic mass is 16.5. The Morgan fingerprint density at radius 2 is 1.00 bits per heavy atom. The molecule has 0 fully saturated rings. The van der Waals surface area contributed by atoms with E-state index in [9.17, 15) is 19.2 Å². The number of amides is 2. The number of hydrogen-bond donors (Lipinski definition) is 2. The van der Waals surface area contributed by atoms with Crippen LogP contribution in [0, 0.1) is 0 Å². The Bertz CT molecular complexity index is 1180. The normalized spacial score (nSPS) is 11.4. The summed E-state index contributed by atoms with van der Waals surface area (Å²) in [6.07, 6.45) is 2.56. The van der Waals surface area contributed by atoms with E-state index in [1.54, 1.807) is 60.7 Å². The number of carbonyl (C=O) groups excluding carboxylic acids is 4. The molecule has 2 N–H and O–H groups in total. The van der Waals surface area contributed by atoms with Crippen LogP contribution in [0.4, 0.5) is 0 Å². The van der Waals surface area contributed by atoms with Gasteiger partial charge in [0.2, 0.25) is 0 Å². The maximum atomic E-state index is 12.5. The summed E-state index contributed by atoms with van der Waals surface area (Å²) in [5.41, 5.74) is 0.387. The number of furan rings is 1. The lowest BCUT2D eigenvalue weighted by Gasteiger charge is -2.08. The maximum Gasteiger partial charge on any atom is 0.354 e. The first kappa shape index (κ1) is 24.7. The van der Waals surface area contributed by atoms with Crippen molar-refractivity contribution in [3.63, 3.8) is 0 Å². The fourth-order valence-electron chi connectivity index (χ4n) is 2.89. The number of esters is 2. The zero-order valence-electron chi connectivity index (χ0n) is 18.9. The lowest BCUT2D eigenvalue weighted by atomic mass is 10.2. The zero-order valence-corrected chi connectivity index (χ0v) is 18.9. The summed E-state index contributed by atoms with van der Waals surface area (Å²) in [7, 11) is 2.36. The van der Waals surface area contributed by atoms with Crippen molar-refractivity contribution < 1.29 is 33.1 Å². The smallest absolute Gasteiger partial charge is 0.354 e. The number of hydrogen-bond acceptors (Lipinski definition) is 7. The van der Waals surface area contributed by atoms with Crippen LogP contribution < -0.4 is 10.6 Å². The summed E-state index contributed by atoms with van der Waals surface area (Å²) in [4.78, 5) is 49.3. The highest BCUT2D eigenvalue weighted by Gasteiger charge is 2.18. The van der Waals surface area contributed by atoms with Crippen molar-refractivity contribution in [3.8, 4) is 0 Å². The van der Waals surface area contributed by atoms with Gasteiger partial charge >= 0.3 is 11.9 Å². The number of rotatable bonds is 8. The molecule has 9 nitrogen and oxygen atoms in total. The molecular formula is C26H22N2O7. The topological polar surface area (TPSA) is 124 Å². The van der Waals surface area contributed by atoms with Crippen LogP contribution in [0.25, 0.3) is 12.2 Å². The summed E-state index contributed by atoms with van der Waals surface area (Å²) in [5.74, 6) is -2.22. The summed E-state index contributed by atoms with van der Waals surface area (Å²) >= 11 is 0. The largest absolute Gasteiger partial charge is 0.464 e. The van der Waals surface area contributed by atoms with E-state index in [2.05, 4.69) is 10.6 Å². The Morgan fingerprint density at radius 3 is 1.34 bits per heavy atom. The Labute approximate surface area is 201 Å². The molecule has 0 unspecified atom stereocenters. The highest BCUT2D eigenvalue weighted by Crippen LogP contribution is 2.16. The number of benzene rings is 2. The molecule has 2 amide bonds. The predicted octanol–water partition coefficient (Wildman–Crippen LogP) is 3.17. The summed E-state index contributed by atoms with van der Waals surface area (Å²) in [6, 6.07) is 19.7. The SMILES string of the molecule is COC(=O)/C(=C\c1ccc(/C=C(/NC(=O)c2ccccc2)C(=O)OC)o1)NC(=O)c1ccccc1. The van der Waals surface area contributed by atoms with Gasteiger partial charge in [-0.2, -0.15) is 0 Å². The Kier molecular flexibility index (Phi) is 8.33. The average molecular weight is 474 g/mol. The molecule has 35 heavy (non-hydrogen) atoms. The minimum Gasteiger partial charge on any atom is -0.464 e. The summed E-state index contributed by atoms with van der Waals surface area (Å²) in [6.45, 7) is 0. The van der Waals surface area contributed by atoms with Gasteiger partial charge < -0.3 is 24.5 Å². The van der Waals surface area contributed by atoms with Crippen molar-refractivity contribution in [1.82, 2.24) is 10.6 Å². The molecule has 0 saturated heterocycles. The van der Waals surface area contributed by atoms with Gasteiger partial charge in [-0.1, -0.05) is 36.4 Å². The van der Waals surface area contributed by atoms with Crippen LogP contribution in [0.1, 0.15) is 32.2 Å². The van der Waals surface area contributed by atoms with Crippen LogP contribution in [-0.4, -0.2) is 38.0 Å². The van der Waals surface area contributed by atoms with E-state index in [1.807, 2.05) is 0 Å². The number of nitrogens with one attached hydrogen (secondary N) is 2. The maximum absolute atomic E-state index is 12.5. The molecule has 0 aliphatic rings. The molecule has 3 aromatic rings. The molecule has 2 aromatic carbocycles. The molecule has 0 saturated carbocycles. The van der Waals surface area contributed by atoms with E-state index in [0.29, 0.717) is 11.1 Å². The van der Waals surface area contributed by atoms with E-state index in [1.165, 1.54) is 38.5 Å². The Balaban J connectivity index is 1.84. The fourth-order valence-corrected chi connectivity index (χ4v) is 2.89. The lowest BCUT2D eigenvalue weighted by molar-refractivity contribution is -0.137. The molecule has 0 radical (unpaired) electrons. The van der Waals surface area contributed by atoms with Crippen LogP contribution >= 0.6 is 0 Å². The van der Waals surface area contributed by atoms with Gasteiger partial charge in [0.25, 0.3) is 11.8 Å². The predicted molar refractivity (Wildman–Crippen MR) is 127 cm³/mol. The standard InChI is InChI=1S/C26H22N2O7/c1-33-25(31)21(27-23(29)17-9-5-3-6-10-17)15-19-13-14-20(35-19)16-22(26(32)34-2)28-24(30)18-11-7-4-8-12-18/h3-16H,1-2H3,(H,27,29)(H,28,30)/b21-15+,22-16+. The van der Waals surface area contributed by atoms with Crippen LogP contribution in [0.2, 0.25) is 0 Å². The first-order chi connectivity index (χ1) is 16.9. The highest BCUT2D eigenvalue weighted by molar-refractivity contribution is 6.04. The van der Waals surface area contributed by atoms with Gasteiger partial charge in [-0.25, -0.2) is 9.59 Å². The Hall–Kier alpha value is -4.92. The molecule has 1 heterocycles. The first-order valence-electron chi connectivity index (χ1n) is 10.3. The number of ether oxygens (including phenoxy) is 2. The second kappa shape index (κ2) is 11.8. The third-order valence-corrected chi connectivity index (χ3v) is 4.60. The third-order valence-electron chi connectivity index (χ3n) is 4.60. The molecule has 0 aliphatic carbocycles. The zero-order chi connectivity index (χ0) is 25.2. The second-order valence-electron chi connectivity index (χ2n) is 6.98. The molecule has 0 bridgehead atoms. The first-order valence-corrected chi connectivity index (χ1v) is 10.3.